The molecule has 1 aromatic carbocycles. The van der Waals surface area contributed by atoms with Crippen LogP contribution in [0, 0.1) is 5.92 Å². The molecule has 2 amide bonds. The van der Waals surface area contributed by atoms with E-state index >= 15 is 0 Å². The van der Waals surface area contributed by atoms with Gasteiger partial charge >= 0.3 is 0 Å². The van der Waals surface area contributed by atoms with Crippen LogP contribution < -0.4 is 15.5 Å². The summed E-state index contributed by atoms with van der Waals surface area (Å²) in [6, 6.07) is 7.39. The number of rotatable bonds is 4. The Labute approximate surface area is 161 Å². The summed E-state index contributed by atoms with van der Waals surface area (Å²) in [5, 5.41) is 11.1. The Bertz CT molecular complexity index is 1100. The molecule has 28 heavy (non-hydrogen) atoms. The van der Waals surface area contributed by atoms with Gasteiger partial charge in [-0.05, 0) is 43.0 Å². The number of amides is 2. The molecule has 142 valence electrons. The molecule has 0 spiro atoms. The van der Waals surface area contributed by atoms with Crippen molar-refractivity contribution >= 4 is 39.9 Å². The molecule has 2 aromatic heterocycles. The highest BCUT2D eigenvalue weighted by Gasteiger charge is 2.32. The van der Waals surface area contributed by atoms with Crippen LogP contribution in [-0.4, -0.2) is 39.7 Å². The van der Waals surface area contributed by atoms with Crippen molar-refractivity contribution in [3.05, 3.63) is 42.2 Å². The normalized spacial score (nSPS) is 16.0. The van der Waals surface area contributed by atoms with Crippen LogP contribution in [0.3, 0.4) is 0 Å². The van der Waals surface area contributed by atoms with E-state index in [2.05, 4.69) is 20.7 Å². The number of aryl methyl sites for hydroxylation is 1. The highest BCUT2D eigenvalue weighted by atomic mass is 16.2. The monoisotopic (exact) mass is 376 g/mol. The van der Waals surface area contributed by atoms with E-state index in [-0.39, 0.29) is 18.4 Å². The number of carbonyl (C=O) groups excluding carboxylic acids is 2. The zero-order valence-electron chi connectivity index (χ0n) is 15.5. The molecule has 1 aliphatic carbocycles. The second-order valence-electron chi connectivity index (χ2n) is 7.39. The molecule has 8 heteroatoms. The molecule has 0 bridgehead atoms. The molecular formula is C20H20N6O2. The minimum Gasteiger partial charge on any atom is -0.359 e. The van der Waals surface area contributed by atoms with Gasteiger partial charge in [0.1, 0.15) is 5.82 Å². The number of nitrogens with zero attached hydrogens (tertiary/aromatic N) is 4. The van der Waals surface area contributed by atoms with Crippen LogP contribution in [-0.2, 0) is 11.8 Å². The second-order valence-corrected chi connectivity index (χ2v) is 7.39. The van der Waals surface area contributed by atoms with E-state index < -0.39 is 0 Å². The fourth-order valence-corrected chi connectivity index (χ4v) is 3.51. The lowest BCUT2D eigenvalue weighted by molar-refractivity contribution is -0.117. The van der Waals surface area contributed by atoms with Crippen molar-refractivity contribution in [2.45, 2.75) is 12.8 Å². The Morgan fingerprint density at radius 1 is 1.29 bits per heavy atom. The van der Waals surface area contributed by atoms with E-state index in [1.165, 1.54) is 6.20 Å². The van der Waals surface area contributed by atoms with Crippen molar-refractivity contribution < 1.29 is 9.59 Å². The van der Waals surface area contributed by atoms with Gasteiger partial charge in [0.15, 0.2) is 0 Å². The van der Waals surface area contributed by atoms with Crippen LogP contribution in [0.2, 0.25) is 0 Å². The molecule has 0 unspecified atom stereocenters. The summed E-state index contributed by atoms with van der Waals surface area (Å²) in [6.45, 7) is 0.932. The Balaban J connectivity index is 1.41. The summed E-state index contributed by atoms with van der Waals surface area (Å²) >= 11 is 0. The van der Waals surface area contributed by atoms with Gasteiger partial charge in [-0.3, -0.25) is 14.3 Å². The minimum absolute atomic E-state index is 0.0146. The third kappa shape index (κ3) is 2.96. The summed E-state index contributed by atoms with van der Waals surface area (Å²) < 4.78 is 1.78. The summed E-state index contributed by atoms with van der Waals surface area (Å²) in [4.78, 5) is 31.2. The molecule has 2 N–H and O–H groups in total. The maximum atomic E-state index is 12.8. The minimum atomic E-state index is -0.261. The predicted molar refractivity (Wildman–Crippen MR) is 106 cm³/mol. The number of hydrogen-bond donors (Lipinski definition) is 2. The Hall–Kier alpha value is -3.42. The molecule has 1 fully saturated rings. The van der Waals surface area contributed by atoms with Gasteiger partial charge in [0.05, 0.1) is 29.5 Å². The zero-order valence-corrected chi connectivity index (χ0v) is 15.5. The lowest BCUT2D eigenvalue weighted by Gasteiger charge is -2.29. The average Bonchev–Trinajstić information content (AvgIpc) is 3.45. The van der Waals surface area contributed by atoms with Crippen molar-refractivity contribution in [1.29, 1.82) is 0 Å². The summed E-state index contributed by atoms with van der Waals surface area (Å²) in [7, 11) is 1.88. The fraction of sp³-hybridized carbons (Fsp3) is 0.300. The maximum absolute atomic E-state index is 12.8. The standard InChI is InChI=1S/C20H20N6O2/c1-25-16-5-4-15(6-13(16)9-23-25)24-20(28)14-7-17-19(21-8-14)22-10-18(27)26(17)11-12-2-3-12/h4-9,12H,2-3,10-11H2,1H3,(H,21,22)(H,24,28). The SMILES string of the molecule is Cn1ncc2cc(NC(=O)c3cnc4c(c3)N(CC3CC3)C(=O)CN4)ccc21. The second kappa shape index (κ2) is 6.33. The first-order valence-electron chi connectivity index (χ1n) is 9.36. The van der Waals surface area contributed by atoms with Crippen LogP contribution >= 0.6 is 0 Å². The molecule has 1 aliphatic heterocycles. The lowest BCUT2D eigenvalue weighted by Crippen LogP contribution is -2.41. The Morgan fingerprint density at radius 3 is 2.96 bits per heavy atom. The van der Waals surface area contributed by atoms with Crippen molar-refractivity contribution in [3.63, 3.8) is 0 Å². The summed E-state index contributed by atoms with van der Waals surface area (Å²) in [5.74, 6) is 0.955. The number of pyridine rings is 1. The molecule has 3 aromatic rings. The van der Waals surface area contributed by atoms with Gasteiger partial charge in [-0.25, -0.2) is 4.98 Å². The van der Waals surface area contributed by atoms with Gasteiger partial charge in [-0.2, -0.15) is 5.10 Å². The third-order valence-electron chi connectivity index (χ3n) is 5.27. The van der Waals surface area contributed by atoms with Crippen molar-refractivity contribution in [2.75, 3.05) is 28.6 Å². The number of aromatic nitrogens is 3. The predicted octanol–water partition coefficient (Wildman–Crippen LogP) is 2.39. The topological polar surface area (TPSA) is 92.2 Å². The number of hydrogen-bond acceptors (Lipinski definition) is 5. The van der Waals surface area contributed by atoms with Crippen LogP contribution in [0.15, 0.2) is 36.7 Å². The first-order chi connectivity index (χ1) is 13.6. The van der Waals surface area contributed by atoms with Gasteiger partial charge in [0.2, 0.25) is 5.91 Å². The molecular weight excluding hydrogens is 356 g/mol. The first kappa shape index (κ1) is 16.7. The molecule has 1 saturated carbocycles. The third-order valence-corrected chi connectivity index (χ3v) is 5.27. The van der Waals surface area contributed by atoms with E-state index in [1.54, 1.807) is 21.8 Å². The highest BCUT2D eigenvalue weighted by molar-refractivity contribution is 6.08. The molecule has 3 heterocycles. The largest absolute Gasteiger partial charge is 0.359 e. The van der Waals surface area contributed by atoms with E-state index in [1.807, 2.05) is 25.2 Å². The Kier molecular flexibility index (Phi) is 3.78. The molecule has 5 rings (SSSR count). The number of anilines is 3. The summed E-state index contributed by atoms with van der Waals surface area (Å²) in [5.41, 5.74) is 2.78. The van der Waals surface area contributed by atoms with Gasteiger partial charge in [0, 0.05) is 30.9 Å². The van der Waals surface area contributed by atoms with Gasteiger partial charge in [-0.15, -0.1) is 0 Å². The zero-order chi connectivity index (χ0) is 19.3. The molecule has 0 saturated heterocycles. The lowest BCUT2D eigenvalue weighted by atomic mass is 10.1. The van der Waals surface area contributed by atoms with Gasteiger partial charge in [-0.1, -0.05) is 0 Å². The van der Waals surface area contributed by atoms with Gasteiger partial charge in [0.25, 0.3) is 5.91 Å². The van der Waals surface area contributed by atoms with Crippen molar-refractivity contribution in [3.8, 4) is 0 Å². The number of fused-ring (bicyclic) bond motifs is 2. The van der Waals surface area contributed by atoms with Crippen molar-refractivity contribution in [1.82, 2.24) is 14.8 Å². The van der Waals surface area contributed by atoms with E-state index in [9.17, 15) is 9.59 Å². The average molecular weight is 376 g/mol. The number of carbonyl (C=O) groups is 2. The van der Waals surface area contributed by atoms with E-state index in [0.717, 1.165) is 23.7 Å². The maximum Gasteiger partial charge on any atom is 0.257 e. The quantitative estimate of drug-likeness (QED) is 0.729. The van der Waals surface area contributed by atoms with E-state index in [0.29, 0.717) is 35.2 Å². The van der Waals surface area contributed by atoms with E-state index in [4.69, 9.17) is 0 Å². The fourth-order valence-electron chi connectivity index (χ4n) is 3.51. The number of benzene rings is 1. The van der Waals surface area contributed by atoms with Crippen LogP contribution in [0.4, 0.5) is 17.2 Å². The van der Waals surface area contributed by atoms with Gasteiger partial charge < -0.3 is 15.5 Å². The van der Waals surface area contributed by atoms with Crippen molar-refractivity contribution in [2.24, 2.45) is 13.0 Å². The van der Waals surface area contributed by atoms with Crippen LogP contribution in [0.5, 0.6) is 0 Å². The molecule has 2 aliphatic rings. The number of nitrogens with one attached hydrogen (secondary N) is 2. The smallest absolute Gasteiger partial charge is 0.257 e. The summed E-state index contributed by atoms with van der Waals surface area (Å²) in [6.07, 6.45) is 5.60. The highest BCUT2D eigenvalue weighted by Crippen LogP contribution is 2.35. The molecule has 0 atom stereocenters. The Morgan fingerprint density at radius 2 is 2.14 bits per heavy atom. The van der Waals surface area contributed by atoms with Crippen LogP contribution in [0.1, 0.15) is 23.2 Å². The molecule has 8 nitrogen and oxygen atoms in total. The molecule has 0 radical (unpaired) electrons. The first-order valence-corrected chi connectivity index (χ1v) is 9.36. The van der Waals surface area contributed by atoms with Crippen LogP contribution in [0.25, 0.3) is 10.9 Å².